The average molecular weight is 420 g/mol. The highest BCUT2D eigenvalue weighted by molar-refractivity contribution is 5.98. The lowest BCUT2D eigenvalue weighted by Gasteiger charge is -2.39. The first kappa shape index (κ1) is 21.4. The average Bonchev–Trinajstić information content (AvgIpc) is 3.01. The number of aliphatic hydroxyl groups excluding tert-OH is 1. The van der Waals surface area contributed by atoms with Gasteiger partial charge in [0.15, 0.2) is 11.9 Å². The molecule has 12 heteroatoms. The Morgan fingerprint density at radius 2 is 1.86 bits per heavy atom. The number of rotatable bonds is 1. The summed E-state index contributed by atoms with van der Waals surface area (Å²) >= 11 is 0. The Hall–Kier alpha value is -2.34. The van der Waals surface area contributed by atoms with Crippen LogP contribution in [0.4, 0.5) is 23.8 Å². The number of piperidine rings is 1. The minimum absolute atomic E-state index is 0.0253. The van der Waals surface area contributed by atoms with Crippen LogP contribution < -0.4 is 5.32 Å². The molecule has 3 heterocycles. The number of fused-ring (bicyclic) bond motifs is 1. The van der Waals surface area contributed by atoms with Gasteiger partial charge in [-0.15, -0.1) is 0 Å². The largest absolute Gasteiger partial charge is 0.444 e. The Kier molecular flexibility index (Phi) is 5.06. The minimum Gasteiger partial charge on any atom is -0.444 e. The van der Waals surface area contributed by atoms with Gasteiger partial charge in [-0.05, 0) is 33.6 Å². The molecular weight excluding hydrogens is 397 g/mol. The van der Waals surface area contributed by atoms with E-state index >= 15 is 0 Å². The molecule has 2 unspecified atom stereocenters. The lowest BCUT2D eigenvalue weighted by molar-refractivity contribution is -0.293. The maximum absolute atomic E-state index is 13.7. The van der Waals surface area contributed by atoms with Crippen LogP contribution in [0.15, 0.2) is 0 Å². The van der Waals surface area contributed by atoms with E-state index in [9.17, 15) is 33.0 Å². The van der Waals surface area contributed by atoms with Gasteiger partial charge in [0.2, 0.25) is 5.60 Å². The van der Waals surface area contributed by atoms with Crippen LogP contribution in [0.2, 0.25) is 0 Å². The summed E-state index contributed by atoms with van der Waals surface area (Å²) < 4.78 is 46.3. The van der Waals surface area contributed by atoms with Crippen molar-refractivity contribution in [1.82, 2.24) is 15.1 Å². The SMILES string of the molecule is CC(C)(C)OC(=O)N1CCC(c2[nH]nc3c2C(O)(C(F)(F)F)C(O)C(=O)N3)CC1. The van der Waals surface area contributed by atoms with Crippen LogP contribution in [-0.4, -0.2) is 68.3 Å². The van der Waals surface area contributed by atoms with Crippen molar-refractivity contribution in [3.8, 4) is 0 Å². The molecule has 1 fully saturated rings. The highest BCUT2D eigenvalue weighted by Crippen LogP contribution is 2.49. The zero-order valence-electron chi connectivity index (χ0n) is 16.1. The number of hydrogen-bond donors (Lipinski definition) is 4. The number of hydrogen-bond acceptors (Lipinski definition) is 6. The molecule has 0 bridgehead atoms. The highest BCUT2D eigenvalue weighted by atomic mass is 19.4. The van der Waals surface area contributed by atoms with E-state index < -0.39 is 52.8 Å². The van der Waals surface area contributed by atoms with E-state index in [1.807, 2.05) is 0 Å². The number of nitrogens with zero attached hydrogens (tertiary/aromatic N) is 2. The minimum atomic E-state index is -5.31. The van der Waals surface area contributed by atoms with Crippen molar-refractivity contribution in [1.29, 1.82) is 0 Å². The number of carbonyl (C=O) groups is 2. The van der Waals surface area contributed by atoms with Crippen LogP contribution >= 0.6 is 0 Å². The van der Waals surface area contributed by atoms with Gasteiger partial charge in [-0.2, -0.15) is 18.3 Å². The third-order valence-electron chi connectivity index (χ3n) is 5.05. The Morgan fingerprint density at radius 1 is 1.28 bits per heavy atom. The van der Waals surface area contributed by atoms with Gasteiger partial charge in [-0.3, -0.25) is 9.89 Å². The Morgan fingerprint density at radius 3 is 2.38 bits per heavy atom. The van der Waals surface area contributed by atoms with Gasteiger partial charge in [-0.1, -0.05) is 0 Å². The van der Waals surface area contributed by atoms with E-state index in [0.717, 1.165) is 0 Å². The van der Waals surface area contributed by atoms with Crippen LogP contribution in [0.25, 0.3) is 0 Å². The fourth-order valence-corrected chi connectivity index (χ4v) is 3.61. The Bertz CT molecular complexity index is 811. The highest BCUT2D eigenvalue weighted by Gasteiger charge is 2.66. The maximum atomic E-state index is 13.7. The second-order valence-electron chi connectivity index (χ2n) is 8.26. The number of amides is 2. The summed E-state index contributed by atoms with van der Waals surface area (Å²) in [7, 11) is 0. The molecule has 2 aliphatic rings. The number of nitrogens with one attached hydrogen (secondary N) is 2. The number of aromatic amines is 1. The van der Waals surface area contributed by atoms with Gasteiger partial charge in [0.05, 0.1) is 5.56 Å². The summed E-state index contributed by atoms with van der Waals surface area (Å²) in [4.78, 5) is 25.3. The van der Waals surface area contributed by atoms with Crippen molar-refractivity contribution in [2.45, 2.75) is 63.0 Å². The summed E-state index contributed by atoms with van der Waals surface area (Å²) in [6.07, 6.45) is -7.99. The number of likely N-dealkylation sites (tertiary alicyclic amines) is 1. The third kappa shape index (κ3) is 3.66. The van der Waals surface area contributed by atoms with E-state index in [1.165, 1.54) is 4.90 Å². The Labute approximate surface area is 164 Å². The van der Waals surface area contributed by atoms with E-state index in [0.29, 0.717) is 0 Å². The zero-order valence-corrected chi connectivity index (χ0v) is 16.1. The van der Waals surface area contributed by atoms with Crippen LogP contribution in [0, 0.1) is 0 Å². The molecule has 1 aromatic heterocycles. The smallest absolute Gasteiger partial charge is 0.424 e. The maximum Gasteiger partial charge on any atom is 0.424 e. The summed E-state index contributed by atoms with van der Waals surface area (Å²) in [5.41, 5.74) is -5.17. The molecule has 162 valence electrons. The van der Waals surface area contributed by atoms with Gasteiger partial charge in [0.1, 0.15) is 5.60 Å². The monoisotopic (exact) mass is 420 g/mol. The van der Waals surface area contributed by atoms with Crippen molar-refractivity contribution in [2.24, 2.45) is 0 Å². The molecule has 1 saturated heterocycles. The van der Waals surface area contributed by atoms with Crippen molar-refractivity contribution >= 4 is 17.8 Å². The molecule has 1 aromatic rings. The van der Waals surface area contributed by atoms with Crippen molar-refractivity contribution in [3.63, 3.8) is 0 Å². The van der Waals surface area contributed by atoms with E-state index in [2.05, 4.69) is 15.5 Å². The number of ether oxygens (including phenoxy) is 1. The normalized spacial score (nSPS) is 26.1. The van der Waals surface area contributed by atoms with Crippen LogP contribution in [0.3, 0.4) is 0 Å². The molecule has 2 amide bonds. The first-order valence-corrected chi connectivity index (χ1v) is 9.10. The van der Waals surface area contributed by atoms with Crippen LogP contribution in [0.5, 0.6) is 0 Å². The number of anilines is 1. The first-order chi connectivity index (χ1) is 13.3. The molecule has 2 aliphatic heterocycles. The number of halogens is 3. The standard InChI is InChI=1S/C17H23F3N4O5/c1-15(2,3)29-14(27)24-6-4-8(5-7-24)10-9-12(23-22-10)21-13(26)11(25)16(9,28)17(18,19)20/h8,11,25,28H,4-7H2,1-3H3,(H2,21,22,23,26). The van der Waals surface area contributed by atoms with E-state index in [-0.39, 0.29) is 31.6 Å². The fourth-order valence-electron chi connectivity index (χ4n) is 3.61. The van der Waals surface area contributed by atoms with Gasteiger partial charge in [0.25, 0.3) is 5.91 Å². The molecule has 2 atom stereocenters. The molecule has 0 aliphatic carbocycles. The topological polar surface area (TPSA) is 128 Å². The second kappa shape index (κ2) is 6.87. The molecule has 29 heavy (non-hydrogen) atoms. The molecule has 9 nitrogen and oxygen atoms in total. The van der Waals surface area contributed by atoms with Gasteiger partial charge in [-0.25, -0.2) is 4.79 Å². The van der Waals surface area contributed by atoms with Gasteiger partial charge in [0, 0.05) is 24.7 Å². The molecule has 0 aromatic carbocycles. The number of aromatic nitrogens is 2. The van der Waals surface area contributed by atoms with Crippen molar-refractivity contribution in [2.75, 3.05) is 18.4 Å². The molecule has 3 rings (SSSR count). The van der Waals surface area contributed by atoms with Gasteiger partial charge >= 0.3 is 12.3 Å². The third-order valence-corrected chi connectivity index (χ3v) is 5.05. The van der Waals surface area contributed by atoms with Crippen molar-refractivity contribution in [3.05, 3.63) is 11.3 Å². The number of alkyl halides is 3. The number of carbonyl (C=O) groups excluding carboxylic acids is 2. The summed E-state index contributed by atoms with van der Waals surface area (Å²) in [5.74, 6) is -2.36. The number of aliphatic hydroxyl groups is 2. The molecule has 0 saturated carbocycles. The van der Waals surface area contributed by atoms with Crippen LogP contribution in [-0.2, 0) is 15.1 Å². The predicted octanol–water partition coefficient (Wildman–Crippen LogP) is 1.59. The van der Waals surface area contributed by atoms with E-state index in [4.69, 9.17) is 4.74 Å². The summed E-state index contributed by atoms with van der Waals surface area (Å²) in [6, 6.07) is 0. The molecule has 0 spiro atoms. The molecule has 4 N–H and O–H groups in total. The fraction of sp³-hybridized carbons (Fsp3) is 0.706. The summed E-state index contributed by atoms with van der Waals surface area (Å²) in [6.45, 7) is 5.64. The lowest BCUT2D eigenvalue weighted by Crippen LogP contribution is -2.59. The first-order valence-electron chi connectivity index (χ1n) is 9.10. The lowest BCUT2D eigenvalue weighted by atomic mass is 9.79. The quantitative estimate of drug-likeness (QED) is 0.546. The Balaban J connectivity index is 1.85. The zero-order chi connectivity index (χ0) is 21.8. The van der Waals surface area contributed by atoms with Crippen LogP contribution in [0.1, 0.15) is 50.8 Å². The number of H-pyrrole nitrogens is 1. The van der Waals surface area contributed by atoms with Crippen molar-refractivity contribution < 1.29 is 37.7 Å². The second-order valence-corrected chi connectivity index (χ2v) is 8.26. The molecular formula is C17H23F3N4O5. The summed E-state index contributed by atoms with van der Waals surface area (Å²) in [5, 5.41) is 28.5. The van der Waals surface area contributed by atoms with E-state index in [1.54, 1.807) is 20.8 Å². The van der Waals surface area contributed by atoms with Gasteiger partial charge < -0.3 is 25.2 Å². The predicted molar refractivity (Wildman–Crippen MR) is 93.0 cm³/mol. The molecule has 0 radical (unpaired) electrons.